The standard InChI is InChI=1S/C12H16OSi.6CO.2Co/c1-14(2,3)10-9-12(13)11-7-5-4-6-8-11;6*1-2;;/h4-8,12-13H,1-3H3;;;;;;;;. The van der Waals surface area contributed by atoms with E-state index in [-0.39, 0.29) is 33.6 Å². The second kappa shape index (κ2) is 50.0. The van der Waals surface area contributed by atoms with Crippen molar-refractivity contribution in [2.24, 2.45) is 0 Å². The number of aliphatic hydroxyl groups excluding tert-OH is 1. The van der Waals surface area contributed by atoms with Crippen LogP contribution in [-0.2, 0) is 61.5 Å². The van der Waals surface area contributed by atoms with Gasteiger partial charge in [0.15, 0.2) is 0 Å². The maximum atomic E-state index is 9.73. The molecule has 0 saturated carbocycles. The Hall–Kier alpha value is -1.41. The van der Waals surface area contributed by atoms with Crippen LogP contribution in [0.5, 0.6) is 0 Å². The summed E-state index contributed by atoms with van der Waals surface area (Å²) < 4.78 is 45.0. The van der Waals surface area contributed by atoms with Crippen LogP contribution < -0.4 is 0 Å². The minimum atomic E-state index is -1.37. The summed E-state index contributed by atoms with van der Waals surface area (Å²) in [5, 5.41) is 9.73. The SMILES string of the molecule is C[Si](C)(C)[C]=[C]C(O)c1ccccc1.[C-]#[O+].[C-]#[O+].[C-]#[O+].[C-]#[O+].[C-]#[O+].[C-]#[O+].[Co].[Co]. The van der Waals surface area contributed by atoms with Gasteiger partial charge in [-0.25, -0.2) is 0 Å². The van der Waals surface area contributed by atoms with Crippen molar-refractivity contribution >= 4 is 8.07 Å². The van der Waals surface area contributed by atoms with Gasteiger partial charge in [-0.1, -0.05) is 55.7 Å². The summed E-state index contributed by atoms with van der Waals surface area (Å²) in [5.41, 5.74) is 4.03. The minimum Gasteiger partial charge on any atom is 0 e. The Bertz CT molecular complexity index is 496. The molecule has 0 fully saturated rings. The van der Waals surface area contributed by atoms with Crippen molar-refractivity contribution in [1.82, 2.24) is 0 Å². The van der Waals surface area contributed by atoms with E-state index in [9.17, 15) is 5.11 Å². The average Bonchev–Trinajstić information content (AvgIpc) is 2.75. The molecule has 4 radical (unpaired) electrons. The van der Waals surface area contributed by atoms with Crippen molar-refractivity contribution in [3.8, 4) is 0 Å². The summed E-state index contributed by atoms with van der Waals surface area (Å²) in [4.78, 5) is 0. The van der Waals surface area contributed by atoms with Gasteiger partial charge in [0.05, 0.1) is 8.07 Å². The van der Waals surface area contributed by atoms with Crippen LogP contribution in [0.3, 0.4) is 0 Å². The third-order valence-corrected chi connectivity index (χ3v) is 2.59. The van der Waals surface area contributed by atoms with Crippen molar-refractivity contribution in [2.75, 3.05) is 0 Å². The average molecular weight is 490 g/mol. The fraction of sp³-hybridized carbons (Fsp3) is 0.222. The van der Waals surface area contributed by atoms with Crippen LogP contribution in [-0.4, -0.2) is 13.2 Å². The van der Waals surface area contributed by atoms with Crippen LogP contribution >= 0.6 is 0 Å². The Labute approximate surface area is 187 Å². The summed E-state index contributed by atoms with van der Waals surface area (Å²) in [6, 6.07) is 9.54. The van der Waals surface area contributed by atoms with Gasteiger partial charge >= 0.3 is 67.8 Å². The number of aliphatic hydroxyl groups is 1. The molecule has 0 aromatic heterocycles. The number of rotatable bonds is 3. The molecule has 1 N–H and O–H groups in total. The van der Waals surface area contributed by atoms with Crippen LogP contribution in [0.25, 0.3) is 0 Å². The zero-order valence-corrected chi connectivity index (χ0v) is 18.1. The van der Waals surface area contributed by atoms with Crippen molar-refractivity contribution < 1.29 is 66.6 Å². The Balaban J connectivity index is -0.0000000410. The molecule has 0 heterocycles. The molecule has 10 heteroatoms. The van der Waals surface area contributed by atoms with Gasteiger partial charge in [-0.3, -0.25) is 0 Å². The van der Waals surface area contributed by atoms with E-state index >= 15 is 0 Å². The molecule has 1 aromatic carbocycles. The van der Waals surface area contributed by atoms with E-state index in [1.54, 1.807) is 0 Å². The second-order valence-electron chi connectivity index (χ2n) is 4.33. The maximum Gasteiger partial charge on any atom is 0 e. The first-order valence-electron chi connectivity index (χ1n) is 5.97. The quantitative estimate of drug-likeness (QED) is 0.388. The van der Waals surface area contributed by atoms with E-state index in [4.69, 9.17) is 27.9 Å². The van der Waals surface area contributed by atoms with E-state index < -0.39 is 14.2 Å². The van der Waals surface area contributed by atoms with Gasteiger partial charge < -0.3 is 5.11 Å². The predicted molar refractivity (Wildman–Crippen MR) is 84.8 cm³/mol. The number of benzene rings is 1. The van der Waals surface area contributed by atoms with Gasteiger partial charge in [0.25, 0.3) is 0 Å². The fourth-order valence-corrected chi connectivity index (χ4v) is 1.57. The molecule has 1 unspecified atom stereocenters. The van der Waals surface area contributed by atoms with Crippen molar-refractivity contribution in [1.29, 1.82) is 0 Å². The predicted octanol–water partition coefficient (Wildman–Crippen LogP) is 2.53. The van der Waals surface area contributed by atoms with Gasteiger partial charge in [0.1, 0.15) is 6.10 Å². The molecule has 0 aliphatic carbocycles. The largest absolute Gasteiger partial charge is 0 e. The third-order valence-electron chi connectivity index (χ3n) is 1.70. The molecule has 0 bridgehead atoms. The zero-order chi connectivity index (χ0) is 22.6. The topological polar surface area (TPSA) is 140 Å². The molecular formula is C18H16Co2O7Si. The normalized spacial score (nSPS) is 7.71. The maximum absolute atomic E-state index is 9.73. The molecule has 0 spiro atoms. The van der Waals surface area contributed by atoms with Gasteiger partial charge in [0, 0.05) is 33.6 Å². The summed E-state index contributed by atoms with van der Waals surface area (Å²) >= 11 is 0. The molecule has 0 aliphatic heterocycles. The summed E-state index contributed by atoms with van der Waals surface area (Å²) in [7, 11) is -1.37. The first kappa shape index (κ1) is 50.4. The van der Waals surface area contributed by atoms with Crippen LogP contribution in [0.15, 0.2) is 30.3 Å². The molecule has 152 valence electrons. The van der Waals surface area contributed by atoms with Gasteiger partial charge in [-0.2, -0.15) is 0 Å². The monoisotopic (exact) mass is 490 g/mol. The molecule has 0 amide bonds. The molecule has 0 aliphatic rings. The van der Waals surface area contributed by atoms with E-state index in [0.29, 0.717) is 0 Å². The van der Waals surface area contributed by atoms with Gasteiger partial charge in [-0.05, 0) is 11.6 Å². The van der Waals surface area contributed by atoms with E-state index in [1.165, 1.54) is 0 Å². The molecule has 28 heavy (non-hydrogen) atoms. The molecule has 0 saturated heterocycles. The molecule has 1 aromatic rings. The minimum absolute atomic E-state index is 0. The first-order chi connectivity index (χ1) is 12.5. The second-order valence-corrected chi connectivity index (χ2v) is 9.08. The van der Waals surface area contributed by atoms with Crippen LogP contribution in [0.4, 0.5) is 0 Å². The van der Waals surface area contributed by atoms with E-state index in [0.717, 1.165) is 5.56 Å². The smallest absolute Gasteiger partial charge is 0 e. The third kappa shape index (κ3) is 49.7. The number of hydrogen-bond donors (Lipinski definition) is 1. The Morgan fingerprint density at radius 2 is 1.00 bits per heavy atom. The van der Waals surface area contributed by atoms with Crippen molar-refractivity contribution in [3.05, 3.63) is 87.6 Å². The Morgan fingerprint density at radius 1 is 0.714 bits per heavy atom. The van der Waals surface area contributed by atoms with Crippen LogP contribution in [0.2, 0.25) is 19.6 Å². The molecule has 1 rings (SSSR count). The molecule has 1 atom stereocenters. The van der Waals surface area contributed by atoms with Gasteiger partial charge in [0.2, 0.25) is 0 Å². The number of hydrogen-bond acceptors (Lipinski definition) is 1. The zero-order valence-electron chi connectivity index (χ0n) is 15.0. The van der Waals surface area contributed by atoms with Crippen molar-refractivity contribution in [3.63, 3.8) is 0 Å². The first-order valence-corrected chi connectivity index (χ1v) is 9.47. The Morgan fingerprint density at radius 3 is 1.25 bits per heavy atom. The molecular weight excluding hydrogens is 474 g/mol. The molecule has 7 nitrogen and oxygen atoms in total. The summed E-state index contributed by atoms with van der Waals surface area (Å²) in [6.07, 6.45) is 2.27. The Kier molecular flexibility index (Phi) is 90.0. The van der Waals surface area contributed by atoms with E-state index in [1.807, 2.05) is 30.3 Å². The fourth-order valence-electron chi connectivity index (χ4n) is 1.00. The van der Waals surface area contributed by atoms with Crippen molar-refractivity contribution in [2.45, 2.75) is 25.7 Å². The summed E-state index contributed by atoms with van der Waals surface area (Å²) in [5.74, 6) is 0. The van der Waals surface area contributed by atoms with Gasteiger partial charge in [-0.15, -0.1) is 0 Å². The van der Waals surface area contributed by atoms with E-state index in [2.05, 4.69) is 71.3 Å². The van der Waals surface area contributed by atoms with Crippen LogP contribution in [0.1, 0.15) is 11.7 Å². The van der Waals surface area contributed by atoms with Crippen LogP contribution in [0, 0.1) is 51.7 Å². The summed E-state index contributed by atoms with van der Waals surface area (Å²) in [6.45, 7) is 33.5.